The summed E-state index contributed by atoms with van der Waals surface area (Å²) in [5.41, 5.74) is 4.80. The van der Waals surface area contributed by atoms with Crippen LogP contribution in [0.25, 0.3) is 0 Å². The van der Waals surface area contributed by atoms with Gasteiger partial charge in [0.05, 0.1) is 17.4 Å². The minimum atomic E-state index is 0.383. The van der Waals surface area contributed by atoms with Crippen molar-refractivity contribution in [1.82, 2.24) is 5.43 Å². The van der Waals surface area contributed by atoms with E-state index in [1.54, 1.807) is 0 Å². The molecule has 5 heteroatoms. The number of aliphatic imine (C=N–C) groups is 1. The predicted octanol–water partition coefficient (Wildman–Crippen LogP) is 2.32. The molecule has 1 saturated carbocycles. The van der Waals surface area contributed by atoms with E-state index < -0.39 is 0 Å². The quantitative estimate of drug-likeness (QED) is 0.343. The lowest BCUT2D eigenvalue weighted by Gasteiger charge is -2.21. The SMILES string of the molecule is CN(C)c1ccccc1NC(=NC1CCCCC1)NN. The van der Waals surface area contributed by atoms with Gasteiger partial charge in [-0.15, -0.1) is 0 Å². The normalized spacial score (nSPS) is 16.9. The van der Waals surface area contributed by atoms with Crippen molar-refractivity contribution in [2.75, 3.05) is 24.3 Å². The summed E-state index contributed by atoms with van der Waals surface area (Å²) < 4.78 is 0. The fraction of sp³-hybridized carbons (Fsp3) is 0.533. The molecule has 1 aromatic carbocycles. The van der Waals surface area contributed by atoms with E-state index in [1.165, 1.54) is 19.3 Å². The molecule has 110 valence electrons. The lowest BCUT2D eigenvalue weighted by molar-refractivity contribution is 0.442. The molecule has 1 fully saturated rings. The third-order valence-corrected chi connectivity index (χ3v) is 3.66. The Kier molecular flexibility index (Phi) is 5.24. The molecule has 0 spiro atoms. The standard InChI is InChI=1S/C15H25N5/c1-20(2)14-11-7-6-10-13(14)18-15(19-16)17-12-8-4-3-5-9-12/h6-7,10-12H,3-5,8-9,16H2,1-2H3,(H2,17,18,19). The number of anilines is 2. The highest BCUT2D eigenvalue weighted by molar-refractivity contribution is 5.96. The van der Waals surface area contributed by atoms with Crippen LogP contribution in [0.4, 0.5) is 11.4 Å². The third-order valence-electron chi connectivity index (χ3n) is 3.66. The smallest absolute Gasteiger partial charge is 0.210 e. The number of hydrogen-bond acceptors (Lipinski definition) is 3. The topological polar surface area (TPSA) is 65.7 Å². The van der Waals surface area contributed by atoms with Crippen LogP contribution in [0.5, 0.6) is 0 Å². The van der Waals surface area contributed by atoms with Crippen LogP contribution in [0, 0.1) is 0 Å². The maximum absolute atomic E-state index is 5.61. The van der Waals surface area contributed by atoms with Crippen molar-refractivity contribution < 1.29 is 0 Å². The second-order valence-electron chi connectivity index (χ2n) is 5.45. The number of hydrogen-bond donors (Lipinski definition) is 3. The molecule has 1 aromatic rings. The zero-order valence-corrected chi connectivity index (χ0v) is 12.4. The van der Waals surface area contributed by atoms with Gasteiger partial charge < -0.3 is 10.2 Å². The number of nitrogens with zero attached hydrogens (tertiary/aromatic N) is 2. The van der Waals surface area contributed by atoms with Gasteiger partial charge in [0.25, 0.3) is 0 Å². The molecule has 4 N–H and O–H groups in total. The van der Waals surface area contributed by atoms with Crippen LogP contribution in [0.1, 0.15) is 32.1 Å². The lowest BCUT2D eigenvalue weighted by Crippen LogP contribution is -2.37. The Bertz CT molecular complexity index is 449. The van der Waals surface area contributed by atoms with Crippen molar-refractivity contribution in [3.63, 3.8) is 0 Å². The van der Waals surface area contributed by atoms with Gasteiger partial charge in [-0.1, -0.05) is 31.4 Å². The Labute approximate surface area is 121 Å². The van der Waals surface area contributed by atoms with Crippen molar-refractivity contribution in [2.45, 2.75) is 38.1 Å². The van der Waals surface area contributed by atoms with Gasteiger partial charge >= 0.3 is 0 Å². The molecular formula is C15H25N5. The van der Waals surface area contributed by atoms with Crippen LogP contribution in [0.3, 0.4) is 0 Å². The molecule has 0 aromatic heterocycles. The molecule has 1 aliphatic carbocycles. The summed E-state index contributed by atoms with van der Waals surface area (Å²) in [5.74, 6) is 6.25. The molecule has 20 heavy (non-hydrogen) atoms. The summed E-state index contributed by atoms with van der Waals surface area (Å²) >= 11 is 0. The van der Waals surface area contributed by atoms with Crippen LogP contribution in [-0.4, -0.2) is 26.1 Å². The van der Waals surface area contributed by atoms with Gasteiger partial charge in [0.2, 0.25) is 5.96 Å². The first-order valence-electron chi connectivity index (χ1n) is 7.28. The minimum absolute atomic E-state index is 0.383. The molecule has 0 bridgehead atoms. The average Bonchev–Trinajstić information content (AvgIpc) is 2.48. The number of benzene rings is 1. The van der Waals surface area contributed by atoms with E-state index in [0.29, 0.717) is 12.0 Å². The molecule has 2 rings (SSSR count). The van der Waals surface area contributed by atoms with E-state index >= 15 is 0 Å². The number of nitrogens with one attached hydrogen (secondary N) is 2. The van der Waals surface area contributed by atoms with Gasteiger partial charge in [0.15, 0.2) is 0 Å². The summed E-state index contributed by atoms with van der Waals surface area (Å²) in [6.45, 7) is 0. The highest BCUT2D eigenvalue weighted by atomic mass is 15.3. The first kappa shape index (κ1) is 14.7. The van der Waals surface area contributed by atoms with Crippen molar-refractivity contribution in [1.29, 1.82) is 0 Å². The van der Waals surface area contributed by atoms with E-state index in [1.807, 2.05) is 32.3 Å². The summed E-state index contributed by atoms with van der Waals surface area (Å²) in [5, 5.41) is 3.30. The molecule has 0 radical (unpaired) electrons. The zero-order chi connectivity index (χ0) is 14.4. The Morgan fingerprint density at radius 1 is 1.20 bits per heavy atom. The fourth-order valence-corrected chi connectivity index (χ4v) is 2.60. The summed E-state index contributed by atoms with van der Waals surface area (Å²) in [6.07, 6.45) is 6.17. The Morgan fingerprint density at radius 3 is 2.55 bits per heavy atom. The first-order valence-corrected chi connectivity index (χ1v) is 7.28. The molecular weight excluding hydrogens is 250 g/mol. The number of guanidine groups is 1. The molecule has 0 aliphatic heterocycles. The third kappa shape index (κ3) is 3.87. The maximum atomic E-state index is 5.61. The van der Waals surface area contributed by atoms with Crippen LogP contribution >= 0.6 is 0 Å². The van der Waals surface area contributed by atoms with E-state index in [2.05, 4.69) is 21.7 Å². The van der Waals surface area contributed by atoms with Crippen LogP contribution < -0.4 is 21.5 Å². The summed E-state index contributed by atoms with van der Waals surface area (Å²) in [7, 11) is 4.04. The second-order valence-corrected chi connectivity index (χ2v) is 5.45. The number of rotatable bonds is 3. The van der Waals surface area contributed by atoms with E-state index in [9.17, 15) is 0 Å². The second kappa shape index (κ2) is 7.14. The van der Waals surface area contributed by atoms with Gasteiger partial charge in [0.1, 0.15) is 0 Å². The highest BCUT2D eigenvalue weighted by Gasteiger charge is 2.13. The monoisotopic (exact) mass is 275 g/mol. The molecule has 0 heterocycles. The van der Waals surface area contributed by atoms with E-state index in [-0.39, 0.29) is 0 Å². The minimum Gasteiger partial charge on any atom is -0.376 e. The van der Waals surface area contributed by atoms with Gasteiger partial charge in [0, 0.05) is 14.1 Å². The van der Waals surface area contributed by atoms with Gasteiger partial charge in [-0.25, -0.2) is 10.8 Å². The van der Waals surface area contributed by atoms with Crippen LogP contribution in [0.15, 0.2) is 29.3 Å². The Balaban J connectivity index is 2.11. The van der Waals surface area contributed by atoms with E-state index in [0.717, 1.165) is 24.2 Å². The zero-order valence-electron chi connectivity index (χ0n) is 12.4. The Hall–Kier alpha value is -1.75. The van der Waals surface area contributed by atoms with Crippen molar-refractivity contribution in [3.8, 4) is 0 Å². The fourth-order valence-electron chi connectivity index (χ4n) is 2.60. The van der Waals surface area contributed by atoms with Gasteiger partial charge in [-0.2, -0.15) is 0 Å². The molecule has 5 nitrogen and oxygen atoms in total. The summed E-state index contributed by atoms with van der Waals surface area (Å²) in [6, 6.07) is 8.51. The average molecular weight is 275 g/mol. The van der Waals surface area contributed by atoms with Crippen molar-refractivity contribution >= 4 is 17.3 Å². The highest BCUT2D eigenvalue weighted by Crippen LogP contribution is 2.24. The van der Waals surface area contributed by atoms with Crippen molar-refractivity contribution in [3.05, 3.63) is 24.3 Å². The predicted molar refractivity (Wildman–Crippen MR) is 86.0 cm³/mol. The first-order chi connectivity index (χ1) is 9.70. The van der Waals surface area contributed by atoms with E-state index in [4.69, 9.17) is 10.8 Å². The molecule has 0 unspecified atom stereocenters. The number of hydrazine groups is 1. The van der Waals surface area contributed by atoms with Crippen LogP contribution in [-0.2, 0) is 0 Å². The van der Waals surface area contributed by atoms with Gasteiger partial charge in [-0.3, -0.25) is 5.43 Å². The number of para-hydroxylation sites is 2. The largest absolute Gasteiger partial charge is 0.376 e. The van der Waals surface area contributed by atoms with Crippen molar-refractivity contribution in [2.24, 2.45) is 10.8 Å². The maximum Gasteiger partial charge on any atom is 0.210 e. The molecule has 0 amide bonds. The molecule has 1 aliphatic rings. The Morgan fingerprint density at radius 2 is 1.90 bits per heavy atom. The molecule has 0 saturated heterocycles. The van der Waals surface area contributed by atoms with Crippen LogP contribution in [0.2, 0.25) is 0 Å². The van der Waals surface area contributed by atoms with Gasteiger partial charge in [-0.05, 0) is 25.0 Å². The summed E-state index contributed by atoms with van der Waals surface area (Å²) in [4.78, 5) is 6.77. The number of nitrogens with two attached hydrogens (primary N) is 1. The molecule has 0 atom stereocenters. The lowest BCUT2D eigenvalue weighted by atomic mass is 9.96.